The Kier molecular flexibility index (Phi) is 13.1. The Bertz CT molecular complexity index is 1200. The van der Waals surface area contributed by atoms with Crippen molar-refractivity contribution in [2.24, 2.45) is 0 Å². The molecule has 0 saturated carbocycles. The summed E-state index contributed by atoms with van der Waals surface area (Å²) < 4.78 is 10.8. The van der Waals surface area contributed by atoms with Crippen LogP contribution < -0.4 is 4.74 Å². The number of methoxy groups -OCH3 is 2. The van der Waals surface area contributed by atoms with Crippen molar-refractivity contribution in [1.29, 1.82) is 0 Å². The van der Waals surface area contributed by atoms with Gasteiger partial charge >= 0.3 is 11.9 Å². The lowest BCUT2D eigenvalue weighted by molar-refractivity contribution is -0.148. The number of hydrogen-bond donors (Lipinski definition) is 2. The summed E-state index contributed by atoms with van der Waals surface area (Å²) in [6.07, 6.45) is 7.50. The van der Waals surface area contributed by atoms with Crippen molar-refractivity contribution in [2.75, 3.05) is 14.2 Å². The molecule has 0 heterocycles. The van der Waals surface area contributed by atoms with E-state index in [0.717, 1.165) is 55.0 Å². The lowest BCUT2D eigenvalue weighted by Gasteiger charge is -2.28. The molecule has 0 amide bonds. The molecule has 0 fully saturated rings. The van der Waals surface area contributed by atoms with Gasteiger partial charge in [0, 0.05) is 12.7 Å². The van der Waals surface area contributed by atoms with E-state index in [1.807, 2.05) is 30.3 Å². The molecule has 3 unspecified atom stereocenters. The summed E-state index contributed by atoms with van der Waals surface area (Å²) in [5.41, 5.74) is 3.69. The van der Waals surface area contributed by atoms with Crippen molar-refractivity contribution in [1.82, 2.24) is 0 Å². The second-order valence-electron chi connectivity index (χ2n) is 9.82. The van der Waals surface area contributed by atoms with Crippen molar-refractivity contribution < 1.29 is 29.3 Å². The highest BCUT2D eigenvalue weighted by molar-refractivity contribution is 8.00. The minimum absolute atomic E-state index is 0.447. The topological polar surface area (TPSA) is 93.1 Å². The lowest BCUT2D eigenvalue weighted by Crippen LogP contribution is -2.30. The standard InChI is InChI=1S/C33H40O6S/c1-38-28-23-15-14-22-27(28)31(33(36)37)40-30(29(39-2)32(34)35)26-21-13-12-20-25(26)19-11-6-4-3-5-8-16-24-17-9-7-10-18-24/h7,9-10,12-15,17-18,20-23,29-31H,3-6,8,11,16,19H2,1-2H3,(H,34,35)(H,36,37). The van der Waals surface area contributed by atoms with Gasteiger partial charge in [0.2, 0.25) is 0 Å². The van der Waals surface area contributed by atoms with Crippen LogP contribution in [0.2, 0.25) is 0 Å². The molecule has 3 aromatic rings. The van der Waals surface area contributed by atoms with Gasteiger partial charge in [0.1, 0.15) is 11.0 Å². The molecule has 0 saturated heterocycles. The maximum Gasteiger partial charge on any atom is 0.334 e. The predicted molar refractivity (Wildman–Crippen MR) is 160 cm³/mol. The Morgan fingerprint density at radius 3 is 1.90 bits per heavy atom. The van der Waals surface area contributed by atoms with Crippen LogP contribution in [0.5, 0.6) is 5.75 Å². The van der Waals surface area contributed by atoms with Gasteiger partial charge in [-0.3, -0.25) is 4.79 Å². The fourth-order valence-corrected chi connectivity index (χ4v) is 6.49. The number of unbranched alkanes of at least 4 members (excludes halogenated alkanes) is 5. The number of aliphatic carboxylic acids is 2. The molecule has 0 aliphatic heterocycles. The fourth-order valence-electron chi connectivity index (χ4n) is 4.99. The lowest BCUT2D eigenvalue weighted by atomic mass is 9.96. The van der Waals surface area contributed by atoms with Crippen molar-refractivity contribution in [3.8, 4) is 5.75 Å². The number of hydrogen-bond acceptors (Lipinski definition) is 5. The summed E-state index contributed by atoms with van der Waals surface area (Å²) >= 11 is 1.07. The fraction of sp³-hybridized carbons (Fsp3) is 0.394. The van der Waals surface area contributed by atoms with Crippen LogP contribution >= 0.6 is 11.8 Å². The summed E-state index contributed by atoms with van der Waals surface area (Å²) in [5, 5.41) is 18.4. The molecule has 3 aromatic carbocycles. The number of para-hydroxylation sites is 1. The quantitative estimate of drug-likeness (QED) is 0.154. The first-order valence-electron chi connectivity index (χ1n) is 13.8. The van der Waals surface area contributed by atoms with Crippen LogP contribution in [0.15, 0.2) is 78.9 Å². The molecular weight excluding hydrogens is 524 g/mol. The first-order chi connectivity index (χ1) is 19.5. The average molecular weight is 565 g/mol. The number of benzene rings is 3. The van der Waals surface area contributed by atoms with Crippen LogP contribution in [-0.2, 0) is 27.2 Å². The van der Waals surface area contributed by atoms with E-state index in [1.54, 1.807) is 24.3 Å². The smallest absolute Gasteiger partial charge is 0.334 e. The van der Waals surface area contributed by atoms with E-state index >= 15 is 0 Å². The zero-order valence-electron chi connectivity index (χ0n) is 23.3. The van der Waals surface area contributed by atoms with E-state index in [9.17, 15) is 19.8 Å². The highest BCUT2D eigenvalue weighted by atomic mass is 32.2. The van der Waals surface area contributed by atoms with Crippen LogP contribution in [-0.4, -0.2) is 42.5 Å². The van der Waals surface area contributed by atoms with Crippen molar-refractivity contribution >= 4 is 23.7 Å². The zero-order chi connectivity index (χ0) is 28.7. The number of aryl methyl sites for hydroxylation is 2. The summed E-state index contributed by atoms with van der Waals surface area (Å²) in [6.45, 7) is 0. The molecule has 0 bridgehead atoms. The van der Waals surface area contributed by atoms with E-state index in [-0.39, 0.29) is 0 Å². The molecule has 0 aliphatic rings. The summed E-state index contributed by atoms with van der Waals surface area (Å²) in [5.74, 6) is -1.75. The average Bonchev–Trinajstić information content (AvgIpc) is 2.97. The highest BCUT2D eigenvalue weighted by Crippen LogP contribution is 2.46. The van der Waals surface area contributed by atoms with Gasteiger partial charge < -0.3 is 19.7 Å². The second kappa shape index (κ2) is 16.7. The molecule has 3 rings (SSSR count). The first-order valence-corrected chi connectivity index (χ1v) is 14.8. The molecule has 0 aliphatic carbocycles. The van der Waals surface area contributed by atoms with Gasteiger partial charge in [-0.2, -0.15) is 0 Å². The number of carboxylic acids is 2. The Morgan fingerprint density at radius 2 is 1.27 bits per heavy atom. The van der Waals surface area contributed by atoms with Crippen molar-refractivity contribution in [2.45, 2.75) is 68.0 Å². The van der Waals surface area contributed by atoms with Crippen LogP contribution in [0.1, 0.15) is 71.3 Å². The van der Waals surface area contributed by atoms with Crippen LogP contribution in [0, 0.1) is 0 Å². The van der Waals surface area contributed by atoms with Crippen molar-refractivity contribution in [3.05, 3.63) is 101 Å². The third-order valence-corrected chi connectivity index (χ3v) is 8.59. The summed E-state index contributed by atoms with van der Waals surface area (Å²) in [6, 6.07) is 25.2. The minimum atomic E-state index is -1.22. The van der Waals surface area contributed by atoms with Crippen LogP contribution in [0.3, 0.4) is 0 Å². The second-order valence-corrected chi connectivity index (χ2v) is 11.1. The summed E-state index contributed by atoms with van der Waals surface area (Å²) in [7, 11) is 2.85. The SMILES string of the molecule is COc1ccccc1C(SC(c1ccccc1CCCCCCCCc1ccccc1)C(OC)C(=O)O)C(=O)O. The van der Waals surface area contributed by atoms with E-state index < -0.39 is 28.5 Å². The van der Waals surface area contributed by atoms with Gasteiger partial charge in [0.25, 0.3) is 0 Å². The maximum absolute atomic E-state index is 12.4. The number of ether oxygens (including phenoxy) is 2. The molecule has 3 atom stereocenters. The van der Waals surface area contributed by atoms with E-state index in [0.29, 0.717) is 11.3 Å². The molecule has 0 radical (unpaired) electrons. The third-order valence-electron chi connectivity index (χ3n) is 7.07. The van der Waals surface area contributed by atoms with E-state index in [2.05, 4.69) is 24.3 Å². The molecule has 0 aromatic heterocycles. The Labute approximate surface area is 241 Å². The Hall–Kier alpha value is -3.29. The molecule has 6 nitrogen and oxygen atoms in total. The first kappa shape index (κ1) is 31.2. The van der Waals surface area contributed by atoms with Gasteiger partial charge in [-0.05, 0) is 48.4 Å². The van der Waals surface area contributed by atoms with E-state index in [4.69, 9.17) is 9.47 Å². The Morgan fingerprint density at radius 1 is 0.700 bits per heavy atom. The third kappa shape index (κ3) is 9.14. The normalized spacial score (nSPS) is 13.3. The number of carbonyl (C=O) groups is 2. The molecule has 0 spiro atoms. The number of rotatable bonds is 18. The van der Waals surface area contributed by atoms with Gasteiger partial charge in [0.05, 0.1) is 12.4 Å². The van der Waals surface area contributed by atoms with Gasteiger partial charge in [0.15, 0.2) is 6.10 Å². The minimum Gasteiger partial charge on any atom is -0.496 e. The molecule has 40 heavy (non-hydrogen) atoms. The number of thioether (sulfide) groups is 1. The number of carboxylic acid groups (broad SMARTS) is 2. The highest BCUT2D eigenvalue weighted by Gasteiger charge is 2.37. The monoisotopic (exact) mass is 564 g/mol. The van der Waals surface area contributed by atoms with Gasteiger partial charge in [-0.15, -0.1) is 11.8 Å². The predicted octanol–water partition coefficient (Wildman–Crippen LogP) is 7.52. The maximum atomic E-state index is 12.4. The van der Waals surface area contributed by atoms with Crippen LogP contribution in [0.4, 0.5) is 0 Å². The molecule has 7 heteroatoms. The molecule has 2 N–H and O–H groups in total. The van der Waals surface area contributed by atoms with Gasteiger partial charge in [-0.25, -0.2) is 4.79 Å². The molecular formula is C33H40O6S. The van der Waals surface area contributed by atoms with Crippen molar-refractivity contribution in [3.63, 3.8) is 0 Å². The van der Waals surface area contributed by atoms with Crippen LogP contribution in [0.25, 0.3) is 0 Å². The molecule has 214 valence electrons. The van der Waals surface area contributed by atoms with Gasteiger partial charge in [-0.1, -0.05) is 98.5 Å². The summed E-state index contributed by atoms with van der Waals surface area (Å²) in [4.78, 5) is 24.7. The van der Waals surface area contributed by atoms with E-state index in [1.165, 1.54) is 39.0 Å². The largest absolute Gasteiger partial charge is 0.496 e. The Balaban J connectivity index is 1.68. The zero-order valence-corrected chi connectivity index (χ0v) is 24.1.